The Hall–Kier alpha value is -0.420. The average molecular weight is 522 g/mol. The number of likely N-dealkylation sites (tertiary alicyclic amines) is 1. The van der Waals surface area contributed by atoms with Crippen molar-refractivity contribution >= 4 is 41.3 Å². The van der Waals surface area contributed by atoms with Crippen LogP contribution in [0.4, 0.5) is 0 Å². The van der Waals surface area contributed by atoms with Crippen LogP contribution in [-0.2, 0) is 4.74 Å². The molecule has 2 aliphatic rings. The lowest BCUT2D eigenvalue weighted by Gasteiger charge is -2.34. The summed E-state index contributed by atoms with van der Waals surface area (Å²) < 4.78 is 5.53. The maximum Gasteiger partial charge on any atom is 0.191 e. The van der Waals surface area contributed by atoms with E-state index in [1.165, 1.54) is 30.7 Å². The molecular weight excluding hydrogens is 485 g/mol. The SMILES string of the molecule is CN=C(NCCN1CCCCC1C)NCC(c1cccs1)N1CCOCC1.I. The van der Waals surface area contributed by atoms with E-state index >= 15 is 0 Å². The number of thiophene rings is 1. The zero-order valence-electron chi connectivity index (χ0n) is 17.2. The van der Waals surface area contributed by atoms with Crippen molar-refractivity contribution in [3.05, 3.63) is 22.4 Å². The number of morpholine rings is 1. The highest BCUT2D eigenvalue weighted by atomic mass is 127. The van der Waals surface area contributed by atoms with Crippen LogP contribution in [0.25, 0.3) is 0 Å². The van der Waals surface area contributed by atoms with Gasteiger partial charge in [-0.2, -0.15) is 0 Å². The molecule has 2 unspecified atom stereocenters. The molecule has 2 aliphatic heterocycles. The predicted molar refractivity (Wildman–Crippen MR) is 129 cm³/mol. The van der Waals surface area contributed by atoms with Gasteiger partial charge in [0.2, 0.25) is 0 Å². The first-order chi connectivity index (χ1) is 13.3. The monoisotopic (exact) mass is 521 g/mol. The Morgan fingerprint density at radius 3 is 2.79 bits per heavy atom. The number of piperidine rings is 1. The van der Waals surface area contributed by atoms with Crippen LogP contribution in [0, 0.1) is 0 Å². The van der Waals surface area contributed by atoms with Gasteiger partial charge in [-0.05, 0) is 37.8 Å². The minimum Gasteiger partial charge on any atom is -0.379 e. The molecule has 2 saturated heterocycles. The van der Waals surface area contributed by atoms with Crippen LogP contribution in [0.5, 0.6) is 0 Å². The molecule has 6 nitrogen and oxygen atoms in total. The summed E-state index contributed by atoms with van der Waals surface area (Å²) in [7, 11) is 1.85. The maximum absolute atomic E-state index is 5.53. The van der Waals surface area contributed by atoms with Gasteiger partial charge in [-0.25, -0.2) is 0 Å². The van der Waals surface area contributed by atoms with Gasteiger partial charge in [0.1, 0.15) is 0 Å². The fraction of sp³-hybridized carbons (Fsp3) is 0.750. The second-order valence-corrected chi connectivity index (χ2v) is 8.42. The molecule has 0 radical (unpaired) electrons. The smallest absolute Gasteiger partial charge is 0.191 e. The van der Waals surface area contributed by atoms with E-state index in [9.17, 15) is 0 Å². The molecular formula is C20H36IN5OS. The van der Waals surface area contributed by atoms with Crippen molar-refractivity contribution in [2.75, 3.05) is 59.5 Å². The fourth-order valence-electron chi connectivity index (χ4n) is 4.00. The standard InChI is InChI=1S/C20H35N5OS.HI/c1-17-6-3-4-9-24(17)10-8-22-20(21-2)23-16-18(19-7-5-15-27-19)25-11-13-26-14-12-25;/h5,7,15,17-18H,3-4,6,8-14,16H2,1-2H3,(H2,21,22,23);1H. The largest absolute Gasteiger partial charge is 0.379 e. The number of hydrogen-bond donors (Lipinski definition) is 2. The van der Waals surface area contributed by atoms with Crippen LogP contribution in [0.1, 0.15) is 37.1 Å². The molecule has 0 aromatic carbocycles. The second-order valence-electron chi connectivity index (χ2n) is 7.44. The van der Waals surface area contributed by atoms with Crippen LogP contribution >= 0.6 is 35.3 Å². The number of nitrogens with zero attached hydrogens (tertiary/aromatic N) is 3. The number of halogens is 1. The third kappa shape index (κ3) is 7.12. The molecule has 0 bridgehead atoms. The number of aliphatic imine (C=N–C) groups is 1. The first kappa shape index (κ1) is 23.9. The Morgan fingerprint density at radius 2 is 2.11 bits per heavy atom. The van der Waals surface area contributed by atoms with Crippen molar-refractivity contribution in [1.29, 1.82) is 0 Å². The molecule has 1 aromatic rings. The first-order valence-corrected chi connectivity index (χ1v) is 11.2. The maximum atomic E-state index is 5.53. The molecule has 3 rings (SSSR count). The van der Waals surface area contributed by atoms with Gasteiger partial charge in [0, 0.05) is 50.7 Å². The Balaban J connectivity index is 0.00000280. The molecule has 0 saturated carbocycles. The molecule has 2 fully saturated rings. The summed E-state index contributed by atoms with van der Waals surface area (Å²) >= 11 is 1.83. The summed E-state index contributed by atoms with van der Waals surface area (Å²) in [4.78, 5) is 10.9. The summed E-state index contributed by atoms with van der Waals surface area (Å²) in [5.74, 6) is 0.898. The Kier molecular flexibility index (Phi) is 11.1. The lowest BCUT2D eigenvalue weighted by atomic mass is 10.0. The van der Waals surface area contributed by atoms with Gasteiger partial charge >= 0.3 is 0 Å². The van der Waals surface area contributed by atoms with Crippen LogP contribution in [0.2, 0.25) is 0 Å². The van der Waals surface area contributed by atoms with E-state index in [0.29, 0.717) is 12.1 Å². The molecule has 8 heteroatoms. The van der Waals surface area contributed by atoms with Crippen molar-refractivity contribution in [2.24, 2.45) is 4.99 Å². The summed E-state index contributed by atoms with van der Waals surface area (Å²) in [6.07, 6.45) is 4.04. The van der Waals surface area contributed by atoms with Crippen molar-refractivity contribution in [2.45, 2.75) is 38.3 Å². The van der Waals surface area contributed by atoms with Gasteiger partial charge in [0.05, 0.1) is 19.3 Å². The quantitative estimate of drug-likeness (QED) is 0.329. The number of rotatable bonds is 7. The normalized spacial score (nSPS) is 23.1. The predicted octanol–water partition coefficient (Wildman–Crippen LogP) is 2.78. The van der Waals surface area contributed by atoms with Gasteiger partial charge in [-0.1, -0.05) is 12.5 Å². The van der Waals surface area contributed by atoms with E-state index in [1.807, 2.05) is 18.4 Å². The highest BCUT2D eigenvalue weighted by Crippen LogP contribution is 2.25. The molecule has 0 amide bonds. The first-order valence-electron chi connectivity index (χ1n) is 10.3. The third-order valence-electron chi connectivity index (χ3n) is 5.68. The highest BCUT2D eigenvalue weighted by Gasteiger charge is 2.23. The minimum atomic E-state index is 0. The van der Waals surface area contributed by atoms with Crippen LogP contribution < -0.4 is 10.6 Å². The lowest BCUT2D eigenvalue weighted by molar-refractivity contribution is 0.0177. The van der Waals surface area contributed by atoms with Gasteiger partial charge in [-0.3, -0.25) is 14.8 Å². The van der Waals surface area contributed by atoms with Gasteiger partial charge in [-0.15, -0.1) is 35.3 Å². The summed E-state index contributed by atoms with van der Waals surface area (Å²) in [6.45, 7) is 10.1. The number of guanidine groups is 1. The molecule has 2 N–H and O–H groups in total. The van der Waals surface area contributed by atoms with E-state index < -0.39 is 0 Å². The summed E-state index contributed by atoms with van der Waals surface area (Å²) in [5, 5.41) is 9.21. The summed E-state index contributed by atoms with van der Waals surface area (Å²) in [6, 6.07) is 5.45. The van der Waals surface area contributed by atoms with Gasteiger partial charge < -0.3 is 15.4 Å². The molecule has 1 aromatic heterocycles. The Morgan fingerprint density at radius 1 is 1.29 bits per heavy atom. The van der Waals surface area contributed by atoms with Crippen molar-refractivity contribution in [3.63, 3.8) is 0 Å². The van der Waals surface area contributed by atoms with Crippen LogP contribution in [0.15, 0.2) is 22.5 Å². The molecule has 0 spiro atoms. The zero-order chi connectivity index (χ0) is 18.9. The van der Waals surface area contributed by atoms with E-state index in [0.717, 1.165) is 51.9 Å². The summed E-state index contributed by atoms with van der Waals surface area (Å²) in [5.41, 5.74) is 0. The van der Waals surface area contributed by atoms with Crippen molar-refractivity contribution in [1.82, 2.24) is 20.4 Å². The number of ether oxygens (including phenoxy) is 1. The van der Waals surface area contributed by atoms with Crippen LogP contribution in [-0.4, -0.2) is 81.3 Å². The molecule has 3 heterocycles. The average Bonchev–Trinajstić information content (AvgIpc) is 3.23. The number of nitrogens with one attached hydrogen (secondary N) is 2. The Bertz CT molecular complexity index is 565. The van der Waals surface area contributed by atoms with Gasteiger partial charge in [0.15, 0.2) is 5.96 Å². The molecule has 0 aliphatic carbocycles. The second kappa shape index (κ2) is 13.0. The molecule has 2 atom stereocenters. The lowest BCUT2D eigenvalue weighted by Crippen LogP contribution is -2.48. The van der Waals surface area contributed by atoms with E-state index in [1.54, 1.807) is 0 Å². The van der Waals surface area contributed by atoms with E-state index in [2.05, 4.69) is 49.9 Å². The van der Waals surface area contributed by atoms with Crippen LogP contribution in [0.3, 0.4) is 0 Å². The van der Waals surface area contributed by atoms with Crippen molar-refractivity contribution < 1.29 is 4.74 Å². The minimum absolute atomic E-state index is 0. The van der Waals surface area contributed by atoms with Crippen molar-refractivity contribution in [3.8, 4) is 0 Å². The topological polar surface area (TPSA) is 52.1 Å². The molecule has 160 valence electrons. The Labute approximate surface area is 191 Å². The van der Waals surface area contributed by atoms with Gasteiger partial charge in [0.25, 0.3) is 0 Å². The highest BCUT2D eigenvalue weighted by molar-refractivity contribution is 14.0. The zero-order valence-corrected chi connectivity index (χ0v) is 20.4. The van der Waals surface area contributed by atoms with E-state index in [-0.39, 0.29) is 24.0 Å². The number of hydrogen-bond acceptors (Lipinski definition) is 5. The third-order valence-corrected chi connectivity index (χ3v) is 6.65. The van der Waals surface area contributed by atoms with E-state index in [4.69, 9.17) is 4.74 Å². The molecule has 28 heavy (non-hydrogen) atoms. The fourth-order valence-corrected chi connectivity index (χ4v) is 4.86.